The molecule has 0 aromatic carbocycles. The molecule has 66 valence electrons. The standard InChI is InChI=1S/C9H20OSi/c1-4-7-9-11(6-3)10-8-5-2/h6,11H,3-5,7-9H2,1-2H3. The van der Waals surface area contributed by atoms with Crippen LogP contribution < -0.4 is 0 Å². The van der Waals surface area contributed by atoms with Gasteiger partial charge in [0.05, 0.1) is 0 Å². The summed E-state index contributed by atoms with van der Waals surface area (Å²) in [6.45, 7) is 9.09. The number of rotatable bonds is 7. The lowest BCUT2D eigenvalue weighted by molar-refractivity contribution is 0.324. The topological polar surface area (TPSA) is 9.23 Å². The first kappa shape index (κ1) is 10.9. The van der Waals surface area contributed by atoms with Crippen molar-refractivity contribution < 1.29 is 4.43 Å². The van der Waals surface area contributed by atoms with Gasteiger partial charge in [-0.2, -0.15) is 0 Å². The molecule has 0 N–H and O–H groups in total. The van der Waals surface area contributed by atoms with Gasteiger partial charge in [-0.3, -0.25) is 0 Å². The Bertz CT molecular complexity index is 85.6. The van der Waals surface area contributed by atoms with E-state index in [2.05, 4.69) is 20.4 Å². The fourth-order valence-corrected chi connectivity index (χ4v) is 2.83. The summed E-state index contributed by atoms with van der Waals surface area (Å²) in [5, 5.41) is 0. The van der Waals surface area contributed by atoms with Crippen LogP contribution in [-0.4, -0.2) is 15.6 Å². The molecule has 0 aromatic rings. The summed E-state index contributed by atoms with van der Waals surface area (Å²) in [6, 6.07) is 1.26. The van der Waals surface area contributed by atoms with Gasteiger partial charge in [-0.1, -0.05) is 32.4 Å². The monoisotopic (exact) mass is 172 g/mol. The molecule has 0 rings (SSSR count). The molecule has 0 saturated carbocycles. The van der Waals surface area contributed by atoms with Crippen LogP contribution in [0, 0.1) is 0 Å². The van der Waals surface area contributed by atoms with Gasteiger partial charge in [0.25, 0.3) is 0 Å². The van der Waals surface area contributed by atoms with E-state index in [1.165, 1.54) is 18.9 Å². The minimum atomic E-state index is -0.984. The Morgan fingerprint density at radius 2 is 2.09 bits per heavy atom. The highest BCUT2D eigenvalue weighted by molar-refractivity contribution is 6.57. The van der Waals surface area contributed by atoms with Crippen LogP contribution in [0.2, 0.25) is 6.04 Å². The zero-order valence-electron chi connectivity index (χ0n) is 7.81. The van der Waals surface area contributed by atoms with Crippen LogP contribution in [0.3, 0.4) is 0 Å². The molecule has 0 aliphatic heterocycles. The summed E-state index contributed by atoms with van der Waals surface area (Å²) in [5.41, 5.74) is 2.05. The van der Waals surface area contributed by atoms with Crippen molar-refractivity contribution in [3.8, 4) is 0 Å². The van der Waals surface area contributed by atoms with Gasteiger partial charge in [-0.15, -0.1) is 6.58 Å². The van der Waals surface area contributed by atoms with Gasteiger partial charge in [0.15, 0.2) is 0 Å². The Hall–Kier alpha value is -0.0831. The van der Waals surface area contributed by atoms with Crippen molar-refractivity contribution in [3.05, 3.63) is 12.3 Å². The Morgan fingerprint density at radius 3 is 2.55 bits per heavy atom. The second-order valence-electron chi connectivity index (χ2n) is 2.79. The lowest BCUT2D eigenvalue weighted by atomic mass is 10.4. The van der Waals surface area contributed by atoms with Crippen molar-refractivity contribution in [2.75, 3.05) is 6.61 Å². The summed E-state index contributed by atoms with van der Waals surface area (Å²) in [6.07, 6.45) is 3.70. The van der Waals surface area contributed by atoms with Gasteiger partial charge in [-0.25, -0.2) is 0 Å². The normalized spacial score (nSPS) is 12.9. The predicted molar refractivity (Wildman–Crippen MR) is 53.3 cm³/mol. The van der Waals surface area contributed by atoms with Crippen molar-refractivity contribution in [1.29, 1.82) is 0 Å². The minimum absolute atomic E-state index is 0.923. The SMILES string of the molecule is C=C[SiH](CCCC)OCCC. The Labute approximate surface area is 72.2 Å². The van der Waals surface area contributed by atoms with E-state index in [1.807, 2.05) is 5.70 Å². The molecule has 0 amide bonds. The quantitative estimate of drug-likeness (QED) is 0.536. The first-order valence-corrected chi connectivity index (χ1v) is 6.54. The molecule has 0 aliphatic carbocycles. The molecular formula is C9H20OSi. The van der Waals surface area contributed by atoms with Crippen LogP contribution in [0.15, 0.2) is 12.3 Å². The molecule has 1 nitrogen and oxygen atoms in total. The van der Waals surface area contributed by atoms with Crippen molar-refractivity contribution in [3.63, 3.8) is 0 Å². The van der Waals surface area contributed by atoms with Gasteiger partial charge in [0, 0.05) is 6.61 Å². The predicted octanol–water partition coefficient (Wildman–Crippen LogP) is 2.66. The van der Waals surface area contributed by atoms with Crippen LogP contribution in [0.5, 0.6) is 0 Å². The molecule has 2 heteroatoms. The van der Waals surface area contributed by atoms with E-state index in [-0.39, 0.29) is 0 Å². The summed E-state index contributed by atoms with van der Waals surface area (Å²) < 4.78 is 5.66. The zero-order chi connectivity index (χ0) is 8.53. The molecule has 0 radical (unpaired) electrons. The van der Waals surface area contributed by atoms with E-state index >= 15 is 0 Å². The van der Waals surface area contributed by atoms with Crippen LogP contribution >= 0.6 is 0 Å². The van der Waals surface area contributed by atoms with E-state index in [0.29, 0.717) is 0 Å². The van der Waals surface area contributed by atoms with Crippen LogP contribution in [-0.2, 0) is 4.43 Å². The second kappa shape index (κ2) is 8.02. The molecule has 0 saturated heterocycles. The average Bonchev–Trinajstić information content (AvgIpc) is 2.05. The van der Waals surface area contributed by atoms with Gasteiger partial charge in [0.1, 0.15) is 0 Å². The zero-order valence-corrected chi connectivity index (χ0v) is 8.96. The molecule has 0 fully saturated rings. The smallest absolute Gasteiger partial charge is 0.200 e. The molecule has 11 heavy (non-hydrogen) atoms. The van der Waals surface area contributed by atoms with E-state index in [0.717, 1.165) is 13.0 Å². The van der Waals surface area contributed by atoms with E-state index < -0.39 is 9.04 Å². The third kappa shape index (κ3) is 6.32. The number of hydrogen-bond acceptors (Lipinski definition) is 1. The van der Waals surface area contributed by atoms with Gasteiger partial charge in [-0.05, 0) is 12.5 Å². The Morgan fingerprint density at radius 1 is 1.36 bits per heavy atom. The maximum absolute atomic E-state index is 5.66. The van der Waals surface area contributed by atoms with E-state index in [9.17, 15) is 0 Å². The van der Waals surface area contributed by atoms with Gasteiger partial charge >= 0.3 is 0 Å². The van der Waals surface area contributed by atoms with Crippen molar-refractivity contribution in [2.24, 2.45) is 0 Å². The third-order valence-corrected chi connectivity index (χ3v) is 3.81. The first-order valence-electron chi connectivity index (χ1n) is 4.59. The fourth-order valence-electron chi connectivity index (χ4n) is 0.944. The summed E-state index contributed by atoms with van der Waals surface area (Å²) in [7, 11) is -0.984. The highest BCUT2D eigenvalue weighted by Crippen LogP contribution is 2.03. The minimum Gasteiger partial charge on any atom is -0.416 e. The van der Waals surface area contributed by atoms with Crippen LogP contribution in [0.25, 0.3) is 0 Å². The largest absolute Gasteiger partial charge is 0.416 e. The lowest BCUT2D eigenvalue weighted by Gasteiger charge is -2.10. The second-order valence-corrected chi connectivity index (χ2v) is 5.25. The maximum Gasteiger partial charge on any atom is 0.200 e. The molecule has 0 aliphatic rings. The van der Waals surface area contributed by atoms with Crippen molar-refractivity contribution >= 4 is 9.04 Å². The molecule has 1 atom stereocenters. The average molecular weight is 172 g/mol. The van der Waals surface area contributed by atoms with Gasteiger partial charge < -0.3 is 4.43 Å². The number of unbranched alkanes of at least 4 members (excludes halogenated alkanes) is 1. The molecule has 0 aromatic heterocycles. The lowest BCUT2D eigenvalue weighted by Crippen LogP contribution is -2.15. The van der Waals surface area contributed by atoms with Crippen LogP contribution in [0.4, 0.5) is 0 Å². The van der Waals surface area contributed by atoms with E-state index in [4.69, 9.17) is 4.43 Å². The first-order chi connectivity index (χ1) is 5.35. The van der Waals surface area contributed by atoms with Crippen molar-refractivity contribution in [1.82, 2.24) is 0 Å². The van der Waals surface area contributed by atoms with E-state index in [1.54, 1.807) is 0 Å². The maximum atomic E-state index is 5.66. The number of hydrogen-bond donors (Lipinski definition) is 0. The molecular weight excluding hydrogens is 152 g/mol. The Kier molecular flexibility index (Phi) is 7.96. The van der Waals surface area contributed by atoms with Gasteiger partial charge in [0.2, 0.25) is 9.04 Å². The summed E-state index contributed by atoms with van der Waals surface area (Å²) >= 11 is 0. The molecule has 1 unspecified atom stereocenters. The highest BCUT2D eigenvalue weighted by atomic mass is 28.3. The van der Waals surface area contributed by atoms with Crippen molar-refractivity contribution in [2.45, 2.75) is 39.2 Å². The molecule has 0 spiro atoms. The summed E-state index contributed by atoms with van der Waals surface area (Å²) in [5.74, 6) is 0. The summed E-state index contributed by atoms with van der Waals surface area (Å²) in [4.78, 5) is 0. The Balaban J connectivity index is 3.33. The molecule has 0 heterocycles. The highest BCUT2D eigenvalue weighted by Gasteiger charge is 2.04. The third-order valence-electron chi connectivity index (χ3n) is 1.64. The van der Waals surface area contributed by atoms with Crippen LogP contribution in [0.1, 0.15) is 33.1 Å². The fraction of sp³-hybridized carbons (Fsp3) is 0.778. The molecule has 0 bridgehead atoms.